The Morgan fingerprint density at radius 1 is 1.36 bits per heavy atom. The first-order chi connectivity index (χ1) is 5.31. The number of nitrogens with one attached hydrogen (secondary N) is 1. The molecule has 0 aromatic heterocycles. The van der Waals surface area contributed by atoms with Crippen LogP contribution >= 0.6 is 0 Å². The van der Waals surface area contributed by atoms with Crippen LogP contribution in [0.3, 0.4) is 0 Å². The van der Waals surface area contributed by atoms with Gasteiger partial charge in [0.15, 0.2) is 0 Å². The maximum atomic E-state index is 9.30. The van der Waals surface area contributed by atoms with E-state index in [0.717, 1.165) is 32.4 Å². The average Bonchev–Trinajstić information content (AvgIpc) is 2.34. The summed E-state index contributed by atoms with van der Waals surface area (Å²) >= 11 is 0. The van der Waals surface area contributed by atoms with Gasteiger partial charge in [-0.3, -0.25) is 0 Å². The monoisotopic (exact) mass is 157 g/mol. The number of hydrogen-bond donors (Lipinski definition) is 2. The normalized spacial score (nSPS) is 36.3. The van der Waals surface area contributed by atoms with E-state index >= 15 is 0 Å². The molecule has 0 bridgehead atoms. The lowest BCUT2D eigenvalue weighted by molar-refractivity contribution is -0.0209. The highest BCUT2D eigenvalue weighted by Crippen LogP contribution is 2.33. The lowest BCUT2D eigenvalue weighted by Crippen LogP contribution is -2.41. The molecule has 0 aromatic carbocycles. The molecule has 2 aliphatic heterocycles. The second-order valence-electron chi connectivity index (χ2n) is 3.60. The minimum Gasteiger partial charge on any atom is -0.391 e. The van der Waals surface area contributed by atoms with E-state index in [1.54, 1.807) is 0 Å². The first-order valence-electron chi connectivity index (χ1n) is 4.34. The van der Waals surface area contributed by atoms with Crippen LogP contribution in [-0.4, -0.2) is 36.5 Å². The van der Waals surface area contributed by atoms with Crippen LogP contribution in [-0.2, 0) is 4.74 Å². The molecule has 1 atom stereocenters. The van der Waals surface area contributed by atoms with Crippen molar-refractivity contribution >= 4 is 0 Å². The Kier molecular flexibility index (Phi) is 1.87. The fourth-order valence-corrected chi connectivity index (χ4v) is 2.05. The Morgan fingerprint density at radius 2 is 2.09 bits per heavy atom. The zero-order valence-electron chi connectivity index (χ0n) is 6.68. The van der Waals surface area contributed by atoms with E-state index < -0.39 is 0 Å². The number of rotatable bonds is 0. The smallest absolute Gasteiger partial charge is 0.0801 e. The van der Waals surface area contributed by atoms with Gasteiger partial charge in [0.05, 0.1) is 18.3 Å². The third-order valence-electron chi connectivity index (χ3n) is 2.70. The molecule has 64 valence electrons. The maximum absolute atomic E-state index is 9.30. The summed E-state index contributed by atoms with van der Waals surface area (Å²) in [6.07, 6.45) is 2.75. The molecule has 2 N–H and O–H groups in total. The van der Waals surface area contributed by atoms with Gasteiger partial charge in [-0.25, -0.2) is 0 Å². The zero-order valence-corrected chi connectivity index (χ0v) is 6.68. The summed E-state index contributed by atoms with van der Waals surface area (Å²) in [4.78, 5) is 0. The number of ether oxygens (including phenoxy) is 1. The van der Waals surface area contributed by atoms with E-state index in [0.29, 0.717) is 6.61 Å². The molecular weight excluding hydrogens is 142 g/mol. The third kappa shape index (κ3) is 1.41. The van der Waals surface area contributed by atoms with E-state index in [2.05, 4.69) is 5.32 Å². The molecule has 0 unspecified atom stereocenters. The number of aliphatic hydroxyl groups is 1. The second-order valence-corrected chi connectivity index (χ2v) is 3.60. The van der Waals surface area contributed by atoms with Crippen LogP contribution in [0.5, 0.6) is 0 Å². The summed E-state index contributed by atoms with van der Waals surface area (Å²) in [7, 11) is 0. The summed E-state index contributed by atoms with van der Waals surface area (Å²) in [5.41, 5.74) is 0.0324. The van der Waals surface area contributed by atoms with Gasteiger partial charge < -0.3 is 15.2 Å². The lowest BCUT2D eigenvalue weighted by atomic mass is 9.89. The number of piperidine rings is 1. The van der Waals surface area contributed by atoms with E-state index in [-0.39, 0.29) is 11.7 Å². The predicted octanol–water partition coefficient (Wildman–Crippen LogP) is -0.110. The average molecular weight is 157 g/mol. The van der Waals surface area contributed by atoms with Gasteiger partial charge >= 0.3 is 0 Å². The van der Waals surface area contributed by atoms with Gasteiger partial charge in [0.1, 0.15) is 0 Å². The topological polar surface area (TPSA) is 41.5 Å². The minimum absolute atomic E-state index is 0.0324. The maximum Gasteiger partial charge on any atom is 0.0801 e. The summed E-state index contributed by atoms with van der Waals surface area (Å²) < 4.78 is 5.60. The summed E-state index contributed by atoms with van der Waals surface area (Å²) in [6.45, 7) is 2.61. The van der Waals surface area contributed by atoms with E-state index in [9.17, 15) is 5.11 Å². The molecule has 2 fully saturated rings. The molecule has 2 rings (SSSR count). The molecule has 11 heavy (non-hydrogen) atoms. The van der Waals surface area contributed by atoms with Crippen molar-refractivity contribution in [3.63, 3.8) is 0 Å². The molecule has 3 heteroatoms. The van der Waals surface area contributed by atoms with Gasteiger partial charge in [-0.2, -0.15) is 0 Å². The van der Waals surface area contributed by atoms with Gasteiger partial charge in [0.25, 0.3) is 0 Å². The molecule has 0 amide bonds. The van der Waals surface area contributed by atoms with Crippen LogP contribution in [0.1, 0.15) is 19.3 Å². The Morgan fingerprint density at radius 3 is 2.64 bits per heavy atom. The Labute approximate surface area is 66.7 Å². The van der Waals surface area contributed by atoms with Crippen LogP contribution in [0.2, 0.25) is 0 Å². The summed E-state index contributed by atoms with van der Waals surface area (Å²) in [5.74, 6) is 0. The highest BCUT2D eigenvalue weighted by atomic mass is 16.5. The second kappa shape index (κ2) is 2.73. The van der Waals surface area contributed by atoms with Crippen molar-refractivity contribution in [2.24, 2.45) is 0 Å². The summed E-state index contributed by atoms with van der Waals surface area (Å²) in [5, 5.41) is 12.6. The van der Waals surface area contributed by atoms with Crippen molar-refractivity contribution in [1.29, 1.82) is 0 Å². The Balaban J connectivity index is 1.98. The molecule has 0 radical (unpaired) electrons. The van der Waals surface area contributed by atoms with E-state index in [4.69, 9.17) is 4.74 Å². The highest BCUT2D eigenvalue weighted by molar-refractivity contribution is 4.92. The van der Waals surface area contributed by atoms with Crippen molar-refractivity contribution in [2.75, 3.05) is 19.7 Å². The fourth-order valence-electron chi connectivity index (χ4n) is 2.05. The molecule has 1 spiro atoms. The van der Waals surface area contributed by atoms with E-state index in [1.165, 1.54) is 0 Å². The van der Waals surface area contributed by atoms with Crippen LogP contribution in [0.25, 0.3) is 0 Å². The van der Waals surface area contributed by atoms with Gasteiger partial charge in [0, 0.05) is 6.42 Å². The molecule has 0 aromatic rings. The predicted molar refractivity (Wildman–Crippen MR) is 41.4 cm³/mol. The quantitative estimate of drug-likeness (QED) is 0.515. The van der Waals surface area contributed by atoms with Crippen LogP contribution in [0.4, 0.5) is 0 Å². The van der Waals surface area contributed by atoms with Crippen LogP contribution < -0.4 is 5.32 Å². The number of hydrogen-bond acceptors (Lipinski definition) is 3. The van der Waals surface area contributed by atoms with Crippen molar-refractivity contribution < 1.29 is 9.84 Å². The highest BCUT2D eigenvalue weighted by Gasteiger charge is 2.40. The molecule has 2 heterocycles. The first-order valence-corrected chi connectivity index (χ1v) is 4.34. The molecule has 2 aliphatic rings. The van der Waals surface area contributed by atoms with Crippen molar-refractivity contribution in [1.82, 2.24) is 5.32 Å². The van der Waals surface area contributed by atoms with Crippen molar-refractivity contribution in [3.8, 4) is 0 Å². The van der Waals surface area contributed by atoms with Crippen molar-refractivity contribution in [3.05, 3.63) is 0 Å². The first kappa shape index (κ1) is 7.53. The van der Waals surface area contributed by atoms with Gasteiger partial charge in [-0.15, -0.1) is 0 Å². The van der Waals surface area contributed by atoms with Gasteiger partial charge in [-0.05, 0) is 25.9 Å². The summed E-state index contributed by atoms with van der Waals surface area (Å²) in [6, 6.07) is 0. The largest absolute Gasteiger partial charge is 0.391 e. The van der Waals surface area contributed by atoms with E-state index in [1.807, 2.05) is 0 Å². The number of aliphatic hydroxyl groups excluding tert-OH is 1. The standard InChI is InChI=1S/C8H15NO2/c10-7-5-8(11-6-7)1-3-9-4-2-8/h7,9-10H,1-6H2/t7-/m0/s1. The molecule has 0 aliphatic carbocycles. The lowest BCUT2D eigenvalue weighted by Gasteiger charge is -2.32. The van der Waals surface area contributed by atoms with Crippen LogP contribution in [0, 0.1) is 0 Å². The molecule has 2 saturated heterocycles. The Hall–Kier alpha value is -0.120. The molecule has 3 nitrogen and oxygen atoms in total. The van der Waals surface area contributed by atoms with Gasteiger partial charge in [0.2, 0.25) is 0 Å². The molecule has 0 saturated carbocycles. The fraction of sp³-hybridized carbons (Fsp3) is 1.00. The Bertz CT molecular complexity index is 138. The van der Waals surface area contributed by atoms with Crippen LogP contribution in [0.15, 0.2) is 0 Å². The third-order valence-corrected chi connectivity index (χ3v) is 2.70. The SMILES string of the molecule is O[C@@H]1COC2(CCNCC2)C1. The minimum atomic E-state index is -0.215. The van der Waals surface area contributed by atoms with Gasteiger partial charge in [-0.1, -0.05) is 0 Å². The molecular formula is C8H15NO2. The van der Waals surface area contributed by atoms with Crippen molar-refractivity contribution in [2.45, 2.75) is 31.0 Å². The zero-order chi connectivity index (χ0) is 7.73.